The zero-order valence-corrected chi connectivity index (χ0v) is 13.6. The molecular weight excluding hydrogens is 290 g/mol. The number of benzene rings is 1. The Kier molecular flexibility index (Phi) is 3.75. The van der Waals surface area contributed by atoms with E-state index in [1.54, 1.807) is 11.3 Å². The van der Waals surface area contributed by atoms with Crippen LogP contribution < -0.4 is 0 Å². The maximum absolute atomic E-state index is 13.0. The zero-order valence-electron chi connectivity index (χ0n) is 12.8. The summed E-state index contributed by atoms with van der Waals surface area (Å²) in [6.45, 7) is 0.887. The van der Waals surface area contributed by atoms with Gasteiger partial charge in [0.05, 0.1) is 6.04 Å². The summed E-state index contributed by atoms with van der Waals surface area (Å²) in [5, 5.41) is 2.11. The highest BCUT2D eigenvalue weighted by atomic mass is 32.1. The minimum atomic E-state index is 0.212. The predicted molar refractivity (Wildman–Crippen MR) is 90.4 cm³/mol. The molecule has 1 unspecified atom stereocenters. The summed E-state index contributed by atoms with van der Waals surface area (Å²) in [5.41, 5.74) is 3.71. The van der Waals surface area contributed by atoms with E-state index in [-0.39, 0.29) is 11.9 Å². The third kappa shape index (κ3) is 2.48. The Hall–Kier alpha value is -1.61. The molecule has 2 nitrogen and oxygen atoms in total. The molecule has 1 aromatic heterocycles. The SMILES string of the molecule is O=C(c1ccc2c(c1)CCCC2)N1CCCC1c1cccs1. The van der Waals surface area contributed by atoms with E-state index in [1.165, 1.54) is 35.3 Å². The van der Waals surface area contributed by atoms with Gasteiger partial charge in [-0.25, -0.2) is 0 Å². The minimum Gasteiger partial charge on any atom is -0.331 e. The summed E-state index contributed by atoms with van der Waals surface area (Å²) in [6, 6.07) is 10.9. The minimum absolute atomic E-state index is 0.212. The van der Waals surface area contributed by atoms with E-state index in [9.17, 15) is 4.79 Å². The number of amides is 1. The van der Waals surface area contributed by atoms with Crippen LogP contribution in [0.2, 0.25) is 0 Å². The summed E-state index contributed by atoms with van der Waals surface area (Å²) < 4.78 is 0. The normalized spacial score (nSPS) is 20.9. The number of nitrogens with zero attached hydrogens (tertiary/aromatic N) is 1. The lowest BCUT2D eigenvalue weighted by Gasteiger charge is -2.25. The van der Waals surface area contributed by atoms with E-state index in [0.29, 0.717) is 0 Å². The van der Waals surface area contributed by atoms with Gasteiger partial charge in [-0.1, -0.05) is 12.1 Å². The van der Waals surface area contributed by atoms with Crippen LogP contribution >= 0.6 is 11.3 Å². The smallest absolute Gasteiger partial charge is 0.254 e. The van der Waals surface area contributed by atoms with Crippen molar-refractivity contribution in [1.82, 2.24) is 4.90 Å². The van der Waals surface area contributed by atoms with Crippen LogP contribution in [0.5, 0.6) is 0 Å². The molecule has 1 fully saturated rings. The van der Waals surface area contributed by atoms with Gasteiger partial charge < -0.3 is 4.90 Å². The summed E-state index contributed by atoms with van der Waals surface area (Å²) in [6.07, 6.45) is 7.05. The fraction of sp³-hybridized carbons (Fsp3) is 0.421. The fourth-order valence-corrected chi connectivity index (χ4v) is 4.69. The number of fused-ring (bicyclic) bond motifs is 1. The Bertz CT molecular complexity index is 677. The fourth-order valence-electron chi connectivity index (χ4n) is 3.82. The molecule has 1 atom stereocenters. The molecule has 3 heteroatoms. The van der Waals surface area contributed by atoms with Crippen molar-refractivity contribution in [2.24, 2.45) is 0 Å². The molecule has 2 heterocycles. The Morgan fingerprint density at radius 2 is 1.95 bits per heavy atom. The van der Waals surface area contributed by atoms with Crippen molar-refractivity contribution < 1.29 is 4.79 Å². The Morgan fingerprint density at radius 1 is 1.09 bits per heavy atom. The van der Waals surface area contributed by atoms with Gasteiger partial charge >= 0.3 is 0 Å². The number of aryl methyl sites for hydroxylation is 2. The van der Waals surface area contributed by atoms with E-state index in [4.69, 9.17) is 0 Å². The molecule has 1 amide bonds. The van der Waals surface area contributed by atoms with E-state index in [1.807, 2.05) is 6.07 Å². The van der Waals surface area contributed by atoms with Crippen molar-refractivity contribution in [3.63, 3.8) is 0 Å². The molecule has 1 saturated heterocycles. The van der Waals surface area contributed by atoms with Crippen LogP contribution in [0.15, 0.2) is 35.7 Å². The van der Waals surface area contributed by atoms with Gasteiger partial charge in [0.15, 0.2) is 0 Å². The van der Waals surface area contributed by atoms with Gasteiger partial charge in [-0.15, -0.1) is 11.3 Å². The lowest BCUT2D eigenvalue weighted by Crippen LogP contribution is -2.30. The predicted octanol–water partition coefficient (Wildman–Crippen LogP) is 4.60. The summed E-state index contributed by atoms with van der Waals surface area (Å²) in [7, 11) is 0. The van der Waals surface area contributed by atoms with Gasteiger partial charge in [-0.3, -0.25) is 4.79 Å². The van der Waals surface area contributed by atoms with Crippen LogP contribution in [0, 0.1) is 0 Å². The van der Waals surface area contributed by atoms with E-state index < -0.39 is 0 Å². The Balaban J connectivity index is 1.61. The highest BCUT2D eigenvalue weighted by Crippen LogP contribution is 2.35. The molecule has 0 spiro atoms. The zero-order chi connectivity index (χ0) is 14.9. The third-order valence-corrected chi connectivity index (χ3v) is 5.95. The van der Waals surface area contributed by atoms with Crippen molar-refractivity contribution in [2.75, 3.05) is 6.54 Å². The van der Waals surface area contributed by atoms with Gasteiger partial charge in [-0.05, 0) is 73.2 Å². The molecule has 4 rings (SSSR count). The Labute approximate surface area is 135 Å². The number of rotatable bonds is 2. The highest BCUT2D eigenvalue weighted by Gasteiger charge is 2.31. The van der Waals surface area contributed by atoms with Crippen molar-refractivity contribution in [2.45, 2.75) is 44.6 Å². The molecule has 0 bridgehead atoms. The molecule has 2 aromatic rings. The average molecular weight is 311 g/mol. The van der Waals surface area contributed by atoms with E-state index in [2.05, 4.69) is 34.5 Å². The topological polar surface area (TPSA) is 20.3 Å². The van der Waals surface area contributed by atoms with Crippen LogP contribution in [-0.2, 0) is 12.8 Å². The maximum atomic E-state index is 13.0. The molecule has 2 aliphatic rings. The van der Waals surface area contributed by atoms with Gasteiger partial charge in [0.1, 0.15) is 0 Å². The first kappa shape index (κ1) is 14.0. The lowest BCUT2D eigenvalue weighted by molar-refractivity contribution is 0.0737. The van der Waals surface area contributed by atoms with Gasteiger partial charge in [-0.2, -0.15) is 0 Å². The van der Waals surface area contributed by atoms with Crippen molar-refractivity contribution >= 4 is 17.2 Å². The maximum Gasteiger partial charge on any atom is 0.254 e. The van der Waals surface area contributed by atoms with Gasteiger partial charge in [0, 0.05) is 17.0 Å². The molecule has 1 aromatic carbocycles. The number of carbonyl (C=O) groups excluding carboxylic acids is 1. The average Bonchev–Trinajstić information content (AvgIpc) is 3.24. The second-order valence-electron chi connectivity index (χ2n) is 6.36. The number of hydrogen-bond donors (Lipinski definition) is 0. The number of thiophene rings is 1. The summed E-state index contributed by atoms with van der Waals surface area (Å²) >= 11 is 1.77. The van der Waals surface area contributed by atoms with Gasteiger partial charge in [0.25, 0.3) is 5.91 Å². The van der Waals surface area contributed by atoms with Crippen molar-refractivity contribution in [3.8, 4) is 0 Å². The first-order chi connectivity index (χ1) is 10.8. The Morgan fingerprint density at radius 3 is 2.77 bits per heavy atom. The first-order valence-corrected chi connectivity index (χ1v) is 9.17. The molecule has 0 N–H and O–H groups in total. The van der Waals surface area contributed by atoms with Crippen LogP contribution in [0.25, 0.3) is 0 Å². The standard InChI is InChI=1S/C19H21NOS/c21-19(16-10-9-14-5-1-2-6-15(14)13-16)20-11-3-7-17(20)18-8-4-12-22-18/h4,8-10,12-13,17H,1-3,5-7,11H2. The first-order valence-electron chi connectivity index (χ1n) is 8.29. The molecular formula is C19H21NOS. The van der Waals surface area contributed by atoms with Crippen LogP contribution in [0.3, 0.4) is 0 Å². The summed E-state index contributed by atoms with van der Waals surface area (Å²) in [4.78, 5) is 16.4. The number of carbonyl (C=O) groups is 1. The largest absolute Gasteiger partial charge is 0.331 e. The highest BCUT2D eigenvalue weighted by molar-refractivity contribution is 7.10. The van der Waals surface area contributed by atoms with Crippen molar-refractivity contribution in [3.05, 3.63) is 57.3 Å². The van der Waals surface area contributed by atoms with E-state index >= 15 is 0 Å². The second-order valence-corrected chi connectivity index (χ2v) is 7.34. The quantitative estimate of drug-likeness (QED) is 0.793. The summed E-state index contributed by atoms with van der Waals surface area (Å²) in [5.74, 6) is 0.212. The van der Waals surface area contributed by atoms with Crippen LogP contribution in [0.4, 0.5) is 0 Å². The van der Waals surface area contributed by atoms with Crippen LogP contribution in [-0.4, -0.2) is 17.4 Å². The monoisotopic (exact) mass is 311 g/mol. The van der Waals surface area contributed by atoms with Crippen LogP contribution in [0.1, 0.15) is 58.1 Å². The van der Waals surface area contributed by atoms with E-state index in [0.717, 1.165) is 31.4 Å². The van der Waals surface area contributed by atoms with Crippen molar-refractivity contribution in [1.29, 1.82) is 0 Å². The molecule has 114 valence electrons. The molecule has 22 heavy (non-hydrogen) atoms. The molecule has 0 saturated carbocycles. The lowest BCUT2D eigenvalue weighted by atomic mass is 9.90. The number of likely N-dealkylation sites (tertiary alicyclic amines) is 1. The molecule has 1 aliphatic carbocycles. The second kappa shape index (κ2) is 5.88. The molecule has 1 aliphatic heterocycles. The molecule has 0 radical (unpaired) electrons. The third-order valence-electron chi connectivity index (χ3n) is 4.98. The van der Waals surface area contributed by atoms with Gasteiger partial charge in [0.2, 0.25) is 0 Å². The number of hydrogen-bond acceptors (Lipinski definition) is 2.